The van der Waals surface area contributed by atoms with Crippen molar-refractivity contribution >= 4 is 45.9 Å². The van der Waals surface area contributed by atoms with Gasteiger partial charge in [-0.2, -0.15) is 0 Å². The van der Waals surface area contributed by atoms with Gasteiger partial charge in [-0.3, -0.25) is 4.79 Å². The van der Waals surface area contributed by atoms with E-state index in [0.29, 0.717) is 33.7 Å². The molecule has 1 heterocycles. The molecule has 0 aliphatic carbocycles. The molecular formula is C32H30ClNO5S. The standard InChI is InChI=1S/C32H30ClNO5S/c1-5-38-32(36)30-26(25-13-6-20(2)16-21(25)3)19-40-31(30)34-29(35)15-10-22-9-14-27(28(17-22)37-4)39-18-23-7-11-24(33)12-8-23/h6-17,19H,5,18H2,1-4H3,(H,34,35)/b15-10+. The number of amides is 1. The largest absolute Gasteiger partial charge is 0.493 e. The highest BCUT2D eigenvalue weighted by atomic mass is 35.5. The number of rotatable bonds is 10. The molecule has 0 spiro atoms. The molecule has 6 nitrogen and oxygen atoms in total. The first-order valence-electron chi connectivity index (χ1n) is 12.7. The number of carbonyl (C=O) groups is 2. The summed E-state index contributed by atoms with van der Waals surface area (Å²) in [5.41, 5.74) is 5.90. The molecule has 3 aromatic carbocycles. The molecule has 0 fully saturated rings. The number of hydrogen-bond acceptors (Lipinski definition) is 6. The van der Waals surface area contributed by atoms with E-state index >= 15 is 0 Å². The molecule has 8 heteroatoms. The number of benzene rings is 3. The maximum atomic E-state index is 12.9. The third-order valence-electron chi connectivity index (χ3n) is 6.10. The minimum atomic E-state index is -0.475. The third kappa shape index (κ3) is 7.11. The number of thiophene rings is 1. The van der Waals surface area contributed by atoms with Gasteiger partial charge < -0.3 is 19.5 Å². The first-order valence-corrected chi connectivity index (χ1v) is 14.0. The zero-order chi connectivity index (χ0) is 28.6. The molecule has 1 N–H and O–H groups in total. The highest BCUT2D eigenvalue weighted by Crippen LogP contribution is 2.38. The van der Waals surface area contributed by atoms with Crippen LogP contribution in [0.2, 0.25) is 5.02 Å². The van der Waals surface area contributed by atoms with Crippen LogP contribution in [0, 0.1) is 13.8 Å². The predicted octanol–water partition coefficient (Wildman–Crippen LogP) is 8.10. The Bertz CT molecular complexity index is 1540. The normalized spacial score (nSPS) is 10.9. The van der Waals surface area contributed by atoms with Gasteiger partial charge in [-0.05, 0) is 73.4 Å². The van der Waals surface area contributed by atoms with Crippen LogP contribution in [0.3, 0.4) is 0 Å². The molecule has 0 radical (unpaired) electrons. The second-order valence-electron chi connectivity index (χ2n) is 9.04. The van der Waals surface area contributed by atoms with Crippen LogP contribution >= 0.6 is 22.9 Å². The van der Waals surface area contributed by atoms with Crippen LogP contribution < -0.4 is 14.8 Å². The summed E-state index contributed by atoms with van der Waals surface area (Å²) in [5.74, 6) is 0.270. The summed E-state index contributed by atoms with van der Waals surface area (Å²) >= 11 is 7.24. The van der Waals surface area contributed by atoms with Gasteiger partial charge in [-0.15, -0.1) is 11.3 Å². The first kappa shape index (κ1) is 28.9. The van der Waals surface area contributed by atoms with Gasteiger partial charge in [0.05, 0.1) is 13.7 Å². The lowest BCUT2D eigenvalue weighted by Crippen LogP contribution is -2.12. The van der Waals surface area contributed by atoms with E-state index in [0.717, 1.165) is 33.4 Å². The van der Waals surface area contributed by atoms with Gasteiger partial charge in [0.15, 0.2) is 11.5 Å². The van der Waals surface area contributed by atoms with Gasteiger partial charge in [-0.1, -0.05) is 53.6 Å². The lowest BCUT2D eigenvalue weighted by Gasteiger charge is -2.11. The van der Waals surface area contributed by atoms with E-state index in [1.54, 1.807) is 32.2 Å². The van der Waals surface area contributed by atoms with Crippen LogP contribution in [0.25, 0.3) is 17.2 Å². The van der Waals surface area contributed by atoms with E-state index in [4.69, 9.17) is 25.8 Å². The average molecular weight is 576 g/mol. The van der Waals surface area contributed by atoms with E-state index < -0.39 is 5.97 Å². The maximum Gasteiger partial charge on any atom is 0.341 e. The number of halogens is 1. The van der Waals surface area contributed by atoms with Crippen molar-refractivity contribution in [2.45, 2.75) is 27.4 Å². The van der Waals surface area contributed by atoms with Gasteiger partial charge in [0, 0.05) is 22.0 Å². The topological polar surface area (TPSA) is 73.9 Å². The van der Waals surface area contributed by atoms with Crippen LogP contribution in [-0.4, -0.2) is 25.6 Å². The van der Waals surface area contributed by atoms with Crippen LogP contribution in [0.1, 0.15) is 39.5 Å². The molecule has 0 aliphatic heterocycles. The molecule has 4 aromatic rings. The summed E-state index contributed by atoms with van der Waals surface area (Å²) in [6.45, 7) is 6.36. The van der Waals surface area contributed by atoms with E-state index in [-0.39, 0.29) is 12.5 Å². The second-order valence-corrected chi connectivity index (χ2v) is 10.4. The summed E-state index contributed by atoms with van der Waals surface area (Å²) < 4.78 is 16.7. The smallest absolute Gasteiger partial charge is 0.341 e. The van der Waals surface area contributed by atoms with Crippen molar-refractivity contribution in [3.8, 4) is 22.6 Å². The van der Waals surface area contributed by atoms with Crippen LogP contribution in [0.5, 0.6) is 11.5 Å². The predicted molar refractivity (Wildman–Crippen MR) is 162 cm³/mol. The second kappa shape index (κ2) is 13.3. The Hall–Kier alpha value is -4.07. The van der Waals surface area contributed by atoms with Crippen molar-refractivity contribution in [1.82, 2.24) is 0 Å². The monoisotopic (exact) mass is 575 g/mol. The lowest BCUT2D eigenvalue weighted by molar-refractivity contribution is -0.111. The van der Waals surface area contributed by atoms with Crippen LogP contribution in [0.4, 0.5) is 5.00 Å². The summed E-state index contributed by atoms with van der Waals surface area (Å²) in [4.78, 5) is 25.8. The third-order valence-corrected chi connectivity index (χ3v) is 7.25. The number of hydrogen-bond donors (Lipinski definition) is 1. The van der Waals surface area contributed by atoms with E-state index in [9.17, 15) is 9.59 Å². The van der Waals surface area contributed by atoms with E-state index in [1.807, 2.05) is 61.7 Å². The highest BCUT2D eigenvalue weighted by Gasteiger charge is 2.23. The number of methoxy groups -OCH3 is 1. The summed E-state index contributed by atoms with van der Waals surface area (Å²) in [5, 5.41) is 5.82. The summed E-state index contributed by atoms with van der Waals surface area (Å²) in [6, 6.07) is 18.9. The number of anilines is 1. The van der Waals surface area contributed by atoms with Gasteiger partial charge in [0.1, 0.15) is 17.2 Å². The molecule has 0 aliphatic rings. The molecular weight excluding hydrogens is 546 g/mol. The van der Waals surface area contributed by atoms with Crippen molar-refractivity contribution in [3.05, 3.63) is 105 Å². The molecule has 206 valence electrons. The molecule has 40 heavy (non-hydrogen) atoms. The molecule has 0 saturated heterocycles. The van der Waals surface area contributed by atoms with Gasteiger partial charge >= 0.3 is 5.97 Å². The van der Waals surface area contributed by atoms with Gasteiger partial charge in [-0.25, -0.2) is 4.79 Å². The Balaban J connectivity index is 1.49. The molecule has 0 bridgehead atoms. The van der Waals surface area contributed by atoms with E-state index in [1.165, 1.54) is 17.4 Å². The fourth-order valence-corrected chi connectivity index (χ4v) is 5.22. The average Bonchev–Trinajstić information content (AvgIpc) is 3.35. The molecule has 1 aromatic heterocycles. The zero-order valence-electron chi connectivity index (χ0n) is 22.7. The first-order chi connectivity index (χ1) is 19.3. The Morgan fingerprint density at radius 3 is 2.45 bits per heavy atom. The Morgan fingerprint density at radius 1 is 0.975 bits per heavy atom. The summed E-state index contributed by atoms with van der Waals surface area (Å²) in [7, 11) is 1.56. The maximum absolute atomic E-state index is 12.9. The number of carbonyl (C=O) groups excluding carboxylic acids is 2. The minimum Gasteiger partial charge on any atom is -0.493 e. The molecule has 0 saturated carbocycles. The highest BCUT2D eigenvalue weighted by molar-refractivity contribution is 7.15. The van der Waals surface area contributed by atoms with Gasteiger partial charge in [0.25, 0.3) is 0 Å². The van der Waals surface area contributed by atoms with Crippen LogP contribution in [0.15, 0.2) is 72.1 Å². The zero-order valence-corrected chi connectivity index (χ0v) is 24.3. The Kier molecular flexibility index (Phi) is 9.64. The van der Waals surface area contributed by atoms with Crippen molar-refractivity contribution in [3.63, 3.8) is 0 Å². The molecule has 4 rings (SSSR count). The lowest BCUT2D eigenvalue weighted by atomic mass is 9.97. The fourth-order valence-electron chi connectivity index (χ4n) is 4.14. The van der Waals surface area contributed by atoms with E-state index in [2.05, 4.69) is 11.4 Å². The number of nitrogens with one attached hydrogen (secondary N) is 1. The molecule has 0 atom stereocenters. The SMILES string of the molecule is CCOC(=O)c1c(-c2ccc(C)cc2C)csc1NC(=O)/C=C/c1ccc(OCc2ccc(Cl)cc2)c(OC)c1. The van der Waals surface area contributed by atoms with Gasteiger partial charge in [0.2, 0.25) is 5.91 Å². The van der Waals surface area contributed by atoms with Crippen molar-refractivity contribution in [1.29, 1.82) is 0 Å². The molecule has 0 unspecified atom stereocenters. The summed E-state index contributed by atoms with van der Waals surface area (Å²) in [6.07, 6.45) is 3.08. The fraction of sp³-hybridized carbons (Fsp3) is 0.188. The van der Waals surface area contributed by atoms with Crippen molar-refractivity contribution < 1.29 is 23.8 Å². The number of esters is 1. The van der Waals surface area contributed by atoms with Crippen molar-refractivity contribution in [2.24, 2.45) is 0 Å². The number of aryl methyl sites for hydroxylation is 2. The minimum absolute atomic E-state index is 0.232. The quantitative estimate of drug-likeness (QED) is 0.153. The van der Waals surface area contributed by atoms with Crippen molar-refractivity contribution in [2.75, 3.05) is 19.0 Å². The Morgan fingerprint density at radius 2 is 1.75 bits per heavy atom. The Labute approximate surface area is 243 Å². The van der Waals surface area contributed by atoms with Crippen LogP contribution in [-0.2, 0) is 16.1 Å². The number of ether oxygens (including phenoxy) is 3. The molecule has 1 amide bonds.